The molecule has 5 rings (SSSR count). The standard InChI is InChI=1S/C26H30F2N4O3/c1-15-16(2)29-24-20(17-6-9-26(27,28)10-7-17)13-21(30-32(24)25(15)34)18-8-11-35-22(12-18)19-4-5-23(33)31(3)14-19/h4-5,13-14,17-18,22H,6-12H2,1-3H3. The van der Waals surface area contributed by atoms with E-state index in [1.165, 1.54) is 15.1 Å². The van der Waals surface area contributed by atoms with Crippen LogP contribution >= 0.6 is 0 Å². The van der Waals surface area contributed by atoms with Gasteiger partial charge in [-0.1, -0.05) is 0 Å². The van der Waals surface area contributed by atoms with Crippen LogP contribution in [0.15, 0.2) is 34.0 Å². The number of aryl methyl sites for hydroxylation is 2. The van der Waals surface area contributed by atoms with Crippen molar-refractivity contribution in [3.8, 4) is 0 Å². The van der Waals surface area contributed by atoms with Gasteiger partial charge in [-0.2, -0.15) is 9.61 Å². The van der Waals surface area contributed by atoms with Gasteiger partial charge >= 0.3 is 0 Å². The molecule has 0 bridgehead atoms. The van der Waals surface area contributed by atoms with Gasteiger partial charge in [0, 0.05) is 61.5 Å². The van der Waals surface area contributed by atoms with Gasteiger partial charge < -0.3 is 9.30 Å². The van der Waals surface area contributed by atoms with Crippen molar-refractivity contribution in [3.63, 3.8) is 0 Å². The second kappa shape index (κ2) is 8.93. The van der Waals surface area contributed by atoms with Crippen LogP contribution in [0.3, 0.4) is 0 Å². The fourth-order valence-corrected chi connectivity index (χ4v) is 5.30. The average molecular weight is 485 g/mol. The van der Waals surface area contributed by atoms with Crippen LogP contribution in [-0.4, -0.2) is 31.7 Å². The SMILES string of the molecule is Cc1nc2c(C3CCC(F)(F)CC3)cc(C3CCOC(c4ccc(=O)n(C)c4)C3)nn2c(=O)c1C. The van der Waals surface area contributed by atoms with Crippen molar-refractivity contribution >= 4 is 5.65 Å². The predicted octanol–water partition coefficient (Wildman–Crippen LogP) is 4.33. The third kappa shape index (κ3) is 4.53. The molecule has 3 aromatic heterocycles. The van der Waals surface area contributed by atoms with Crippen molar-refractivity contribution in [2.75, 3.05) is 6.61 Å². The van der Waals surface area contributed by atoms with E-state index in [1.807, 2.05) is 6.07 Å². The zero-order valence-electron chi connectivity index (χ0n) is 20.3. The topological polar surface area (TPSA) is 78.5 Å². The number of ether oxygens (including phenoxy) is 1. The van der Waals surface area contributed by atoms with Crippen molar-refractivity contribution in [2.45, 2.75) is 76.2 Å². The molecule has 1 saturated carbocycles. The minimum atomic E-state index is -2.64. The van der Waals surface area contributed by atoms with Gasteiger partial charge in [-0.15, -0.1) is 0 Å². The summed E-state index contributed by atoms with van der Waals surface area (Å²) in [6.45, 7) is 4.04. The number of hydrogen-bond acceptors (Lipinski definition) is 5. The van der Waals surface area contributed by atoms with Crippen LogP contribution in [0, 0.1) is 13.8 Å². The molecule has 4 heterocycles. The van der Waals surface area contributed by atoms with E-state index in [0.717, 1.165) is 23.2 Å². The molecule has 2 aliphatic rings. The van der Waals surface area contributed by atoms with Crippen LogP contribution in [0.5, 0.6) is 0 Å². The molecule has 35 heavy (non-hydrogen) atoms. The lowest BCUT2D eigenvalue weighted by molar-refractivity contribution is -0.0382. The molecule has 0 N–H and O–H groups in total. The third-order valence-electron chi connectivity index (χ3n) is 7.65. The number of halogens is 2. The summed E-state index contributed by atoms with van der Waals surface area (Å²) in [5, 5.41) is 4.73. The fourth-order valence-electron chi connectivity index (χ4n) is 5.30. The summed E-state index contributed by atoms with van der Waals surface area (Å²) in [7, 11) is 1.71. The number of aromatic nitrogens is 4. The van der Waals surface area contributed by atoms with Crippen LogP contribution in [0.4, 0.5) is 8.78 Å². The van der Waals surface area contributed by atoms with E-state index in [2.05, 4.69) is 4.98 Å². The first-order chi connectivity index (χ1) is 16.6. The zero-order valence-corrected chi connectivity index (χ0v) is 20.3. The van der Waals surface area contributed by atoms with Crippen molar-refractivity contribution in [1.29, 1.82) is 0 Å². The van der Waals surface area contributed by atoms with Crippen molar-refractivity contribution < 1.29 is 13.5 Å². The quantitative estimate of drug-likeness (QED) is 0.553. The van der Waals surface area contributed by atoms with Gasteiger partial charge in [0.1, 0.15) is 0 Å². The number of nitrogens with zero attached hydrogens (tertiary/aromatic N) is 4. The van der Waals surface area contributed by atoms with Crippen LogP contribution in [0.1, 0.15) is 84.5 Å². The van der Waals surface area contributed by atoms with Gasteiger partial charge in [0.05, 0.1) is 11.8 Å². The maximum Gasteiger partial charge on any atom is 0.277 e. The highest BCUT2D eigenvalue weighted by molar-refractivity contribution is 5.51. The normalized spacial score (nSPS) is 23.0. The Balaban J connectivity index is 1.56. The molecule has 2 unspecified atom stereocenters. The maximum atomic E-state index is 13.9. The van der Waals surface area contributed by atoms with E-state index in [0.29, 0.717) is 42.8 Å². The Morgan fingerprint density at radius 2 is 1.83 bits per heavy atom. The number of rotatable bonds is 3. The molecule has 1 aliphatic heterocycles. The largest absolute Gasteiger partial charge is 0.373 e. The van der Waals surface area contributed by atoms with E-state index < -0.39 is 5.92 Å². The zero-order chi connectivity index (χ0) is 24.9. The van der Waals surface area contributed by atoms with Gasteiger partial charge in [0.15, 0.2) is 5.65 Å². The van der Waals surface area contributed by atoms with E-state index >= 15 is 0 Å². The van der Waals surface area contributed by atoms with Gasteiger partial charge in [-0.25, -0.2) is 13.8 Å². The van der Waals surface area contributed by atoms with E-state index in [1.54, 1.807) is 33.2 Å². The summed E-state index contributed by atoms with van der Waals surface area (Å²) in [6, 6.07) is 5.31. The summed E-state index contributed by atoms with van der Waals surface area (Å²) < 4.78 is 36.7. The monoisotopic (exact) mass is 484 g/mol. The Kier molecular flexibility index (Phi) is 6.07. The van der Waals surface area contributed by atoms with Crippen molar-refractivity contribution in [1.82, 2.24) is 19.2 Å². The predicted molar refractivity (Wildman–Crippen MR) is 127 cm³/mol. The molecule has 2 fully saturated rings. The van der Waals surface area contributed by atoms with Gasteiger partial charge in [-0.3, -0.25) is 9.59 Å². The Morgan fingerprint density at radius 1 is 1.09 bits per heavy atom. The van der Waals surface area contributed by atoms with Crippen LogP contribution in [-0.2, 0) is 11.8 Å². The maximum absolute atomic E-state index is 13.9. The first kappa shape index (κ1) is 23.8. The Labute approximate surface area is 201 Å². The lowest BCUT2D eigenvalue weighted by Gasteiger charge is -2.31. The van der Waals surface area contributed by atoms with Crippen molar-refractivity contribution in [2.24, 2.45) is 7.05 Å². The van der Waals surface area contributed by atoms with E-state index in [4.69, 9.17) is 9.84 Å². The molecule has 186 valence electrons. The molecular weight excluding hydrogens is 454 g/mol. The number of pyridine rings is 1. The summed E-state index contributed by atoms with van der Waals surface area (Å²) in [5.74, 6) is -2.71. The molecular formula is C26H30F2N4O3. The van der Waals surface area contributed by atoms with Crippen LogP contribution < -0.4 is 11.1 Å². The summed E-state index contributed by atoms with van der Waals surface area (Å²) >= 11 is 0. The third-order valence-corrected chi connectivity index (χ3v) is 7.65. The van der Waals surface area contributed by atoms with Crippen molar-refractivity contribution in [3.05, 3.63) is 73.2 Å². The second-order valence-electron chi connectivity index (χ2n) is 10.0. The molecule has 0 spiro atoms. The molecule has 1 saturated heterocycles. The molecule has 7 nitrogen and oxygen atoms in total. The molecule has 0 amide bonds. The molecule has 0 aromatic carbocycles. The molecule has 1 aliphatic carbocycles. The molecule has 0 radical (unpaired) electrons. The second-order valence-corrected chi connectivity index (χ2v) is 10.0. The number of fused-ring (bicyclic) bond motifs is 1. The molecule has 9 heteroatoms. The van der Waals surface area contributed by atoms with E-state index in [-0.39, 0.29) is 41.9 Å². The number of hydrogen-bond donors (Lipinski definition) is 0. The lowest BCUT2D eigenvalue weighted by atomic mass is 9.81. The van der Waals surface area contributed by atoms with Crippen LogP contribution in [0.2, 0.25) is 0 Å². The highest BCUT2D eigenvalue weighted by atomic mass is 19.3. The summed E-state index contributed by atoms with van der Waals surface area (Å²) in [6.07, 6.45) is 3.33. The summed E-state index contributed by atoms with van der Waals surface area (Å²) in [4.78, 5) is 29.6. The Hall–Kier alpha value is -2.94. The Bertz CT molecular complexity index is 1390. The van der Waals surface area contributed by atoms with Gasteiger partial charge in [-0.05, 0) is 63.1 Å². The number of alkyl halides is 2. The molecule has 2 atom stereocenters. The fraction of sp³-hybridized carbons (Fsp3) is 0.538. The molecule has 3 aromatic rings. The highest BCUT2D eigenvalue weighted by Crippen LogP contribution is 2.43. The van der Waals surface area contributed by atoms with Gasteiger partial charge in [0.2, 0.25) is 11.5 Å². The Morgan fingerprint density at radius 3 is 2.54 bits per heavy atom. The lowest BCUT2D eigenvalue weighted by Crippen LogP contribution is -2.28. The van der Waals surface area contributed by atoms with Crippen LogP contribution in [0.25, 0.3) is 5.65 Å². The first-order valence-electron chi connectivity index (χ1n) is 12.2. The van der Waals surface area contributed by atoms with Gasteiger partial charge in [0.25, 0.3) is 5.56 Å². The smallest absolute Gasteiger partial charge is 0.277 e. The van der Waals surface area contributed by atoms with E-state index in [9.17, 15) is 18.4 Å². The first-order valence-corrected chi connectivity index (χ1v) is 12.2. The highest BCUT2D eigenvalue weighted by Gasteiger charge is 2.37. The minimum Gasteiger partial charge on any atom is -0.373 e. The summed E-state index contributed by atoms with van der Waals surface area (Å²) in [5.41, 5.74) is 3.83. The minimum absolute atomic E-state index is 0.0210. The average Bonchev–Trinajstić information content (AvgIpc) is 2.84.